The summed E-state index contributed by atoms with van der Waals surface area (Å²) in [6.07, 6.45) is 0.815. The molecule has 0 spiro atoms. The van der Waals surface area contributed by atoms with E-state index in [0.29, 0.717) is 27.3 Å². The average Bonchev–Trinajstić information content (AvgIpc) is 2.79. The Morgan fingerprint density at radius 3 is 2.56 bits per heavy atom. The Morgan fingerprint density at radius 2 is 1.84 bits per heavy atom. The second kappa shape index (κ2) is 11.4. The topological polar surface area (TPSA) is 69.2 Å². The molecule has 166 valence electrons. The summed E-state index contributed by atoms with van der Waals surface area (Å²) in [6, 6.07) is 19.6. The third kappa shape index (κ3) is 6.64. The van der Waals surface area contributed by atoms with E-state index in [1.54, 1.807) is 56.5 Å². The quantitative estimate of drug-likeness (QED) is 0.329. The normalized spacial score (nSPS) is 11.8. The van der Waals surface area contributed by atoms with Crippen LogP contribution in [-0.2, 0) is 11.4 Å². The fourth-order valence-corrected chi connectivity index (χ4v) is 3.16. The fourth-order valence-electron chi connectivity index (χ4n) is 2.70. The van der Waals surface area contributed by atoms with Gasteiger partial charge in [0.05, 0.1) is 13.3 Å². The molecule has 0 heterocycles. The number of nitrogens with one attached hydrogen (secondary N) is 1. The zero-order valence-electron chi connectivity index (χ0n) is 17.5. The number of benzene rings is 3. The van der Waals surface area contributed by atoms with E-state index < -0.39 is 6.10 Å². The Labute approximate surface area is 196 Å². The van der Waals surface area contributed by atoms with Crippen LogP contribution in [0.25, 0.3) is 0 Å². The smallest absolute Gasteiger partial charge is 0.280 e. The Balaban J connectivity index is 1.57. The van der Waals surface area contributed by atoms with Crippen molar-refractivity contribution in [3.05, 3.63) is 87.9 Å². The third-order valence-electron chi connectivity index (χ3n) is 4.40. The Kier molecular flexibility index (Phi) is 8.36. The molecular weight excluding hydrogens is 451 g/mol. The number of rotatable bonds is 9. The summed E-state index contributed by atoms with van der Waals surface area (Å²) in [4.78, 5) is 12.2. The molecule has 0 bridgehead atoms. The lowest BCUT2D eigenvalue weighted by atomic mass is 10.2. The number of nitrogens with zero attached hydrogens (tertiary/aromatic N) is 1. The lowest BCUT2D eigenvalue weighted by Crippen LogP contribution is -2.33. The molecule has 1 atom stereocenters. The molecule has 0 aliphatic heterocycles. The summed E-state index contributed by atoms with van der Waals surface area (Å²) in [5, 5.41) is 5.08. The second-order valence-corrected chi connectivity index (χ2v) is 7.59. The van der Waals surface area contributed by atoms with E-state index in [-0.39, 0.29) is 12.5 Å². The van der Waals surface area contributed by atoms with Gasteiger partial charge in [0, 0.05) is 15.6 Å². The maximum atomic E-state index is 12.2. The molecule has 3 aromatic carbocycles. The van der Waals surface area contributed by atoms with Crippen LogP contribution in [0.3, 0.4) is 0 Å². The highest BCUT2D eigenvalue weighted by molar-refractivity contribution is 6.35. The van der Waals surface area contributed by atoms with Crippen LogP contribution in [0.5, 0.6) is 17.2 Å². The van der Waals surface area contributed by atoms with Crippen LogP contribution in [0.15, 0.2) is 71.8 Å². The summed E-state index contributed by atoms with van der Waals surface area (Å²) >= 11 is 12.1. The van der Waals surface area contributed by atoms with E-state index in [1.807, 2.05) is 24.3 Å². The molecule has 1 N–H and O–H groups in total. The largest absolute Gasteiger partial charge is 0.493 e. The molecule has 3 rings (SSSR count). The number of methoxy groups -OCH3 is 1. The number of carbonyl (C=O) groups excluding carboxylic acids is 1. The minimum absolute atomic E-state index is 0.259. The minimum atomic E-state index is -0.695. The van der Waals surface area contributed by atoms with Crippen molar-refractivity contribution in [2.45, 2.75) is 19.6 Å². The second-order valence-electron chi connectivity index (χ2n) is 6.74. The molecule has 6 nitrogen and oxygen atoms in total. The van der Waals surface area contributed by atoms with E-state index in [4.69, 9.17) is 37.4 Å². The maximum Gasteiger partial charge on any atom is 0.280 e. The van der Waals surface area contributed by atoms with Gasteiger partial charge in [-0.05, 0) is 55.0 Å². The molecule has 0 radical (unpaired) electrons. The van der Waals surface area contributed by atoms with Crippen molar-refractivity contribution < 1.29 is 19.0 Å². The van der Waals surface area contributed by atoms with Crippen LogP contribution >= 0.6 is 23.2 Å². The van der Waals surface area contributed by atoms with Gasteiger partial charge in [-0.25, -0.2) is 5.43 Å². The van der Waals surface area contributed by atoms with Crippen LogP contribution in [0, 0.1) is 0 Å². The van der Waals surface area contributed by atoms with E-state index in [2.05, 4.69) is 10.5 Å². The molecule has 32 heavy (non-hydrogen) atoms. The molecule has 0 unspecified atom stereocenters. The molecule has 0 fully saturated rings. The number of ether oxygens (including phenoxy) is 3. The highest BCUT2D eigenvalue weighted by atomic mass is 35.5. The molecule has 0 saturated carbocycles. The number of halogens is 2. The number of amides is 1. The molecule has 8 heteroatoms. The molecule has 0 aliphatic carbocycles. The van der Waals surface area contributed by atoms with Crippen LogP contribution in [0.2, 0.25) is 10.0 Å². The van der Waals surface area contributed by atoms with Gasteiger partial charge < -0.3 is 14.2 Å². The van der Waals surface area contributed by atoms with Crippen molar-refractivity contribution in [1.29, 1.82) is 0 Å². The predicted molar refractivity (Wildman–Crippen MR) is 126 cm³/mol. The summed E-state index contributed by atoms with van der Waals surface area (Å²) in [7, 11) is 1.54. The molecule has 3 aromatic rings. The first kappa shape index (κ1) is 23.4. The Morgan fingerprint density at radius 1 is 1.06 bits per heavy atom. The highest BCUT2D eigenvalue weighted by Gasteiger charge is 2.13. The first-order chi connectivity index (χ1) is 15.5. The molecule has 0 saturated heterocycles. The summed E-state index contributed by atoms with van der Waals surface area (Å²) < 4.78 is 16.8. The van der Waals surface area contributed by atoms with E-state index >= 15 is 0 Å². The zero-order chi connectivity index (χ0) is 22.9. The van der Waals surface area contributed by atoms with E-state index in [1.165, 1.54) is 6.21 Å². The van der Waals surface area contributed by atoms with Gasteiger partial charge in [0.2, 0.25) is 0 Å². The number of para-hydroxylation sites is 1. The van der Waals surface area contributed by atoms with Gasteiger partial charge >= 0.3 is 0 Å². The van der Waals surface area contributed by atoms with Gasteiger partial charge in [0.15, 0.2) is 17.6 Å². The summed E-state index contributed by atoms with van der Waals surface area (Å²) in [6.45, 7) is 1.91. The minimum Gasteiger partial charge on any atom is -0.493 e. The lowest BCUT2D eigenvalue weighted by Gasteiger charge is -2.13. The zero-order valence-corrected chi connectivity index (χ0v) is 19.1. The van der Waals surface area contributed by atoms with E-state index in [0.717, 1.165) is 11.1 Å². The van der Waals surface area contributed by atoms with Crippen LogP contribution < -0.4 is 19.6 Å². The molecule has 1 amide bonds. The first-order valence-electron chi connectivity index (χ1n) is 9.75. The molecular formula is C24H22Cl2N2O4. The Hall–Kier alpha value is -3.22. The standard InChI is InChI=1S/C24H22Cl2N2O4/c1-16(32-20-6-4-3-5-7-20)24(29)28-27-14-17-8-11-22(23(12-17)30-2)31-15-18-9-10-19(25)13-21(18)26/h3-14,16H,15H2,1-2H3,(H,28,29)/b27-14-/t16-/m0/s1. The summed E-state index contributed by atoms with van der Waals surface area (Å²) in [5.74, 6) is 1.31. The van der Waals surface area contributed by atoms with Crippen molar-refractivity contribution >= 4 is 35.3 Å². The molecule has 0 aromatic heterocycles. The van der Waals surface area contributed by atoms with Crippen LogP contribution in [-0.4, -0.2) is 25.3 Å². The monoisotopic (exact) mass is 472 g/mol. The number of carbonyl (C=O) groups is 1. The van der Waals surface area contributed by atoms with Crippen molar-refractivity contribution in [3.63, 3.8) is 0 Å². The number of hydrogen-bond acceptors (Lipinski definition) is 5. The van der Waals surface area contributed by atoms with Gasteiger partial charge in [-0.3, -0.25) is 4.79 Å². The lowest BCUT2D eigenvalue weighted by molar-refractivity contribution is -0.127. The van der Waals surface area contributed by atoms with Crippen LogP contribution in [0.4, 0.5) is 0 Å². The maximum absolute atomic E-state index is 12.2. The van der Waals surface area contributed by atoms with Crippen LogP contribution in [0.1, 0.15) is 18.1 Å². The van der Waals surface area contributed by atoms with E-state index in [9.17, 15) is 4.79 Å². The summed E-state index contributed by atoms with van der Waals surface area (Å²) in [5.41, 5.74) is 3.99. The first-order valence-corrected chi connectivity index (χ1v) is 10.5. The number of hydrazone groups is 1. The molecule has 0 aliphatic rings. The van der Waals surface area contributed by atoms with Crippen molar-refractivity contribution in [1.82, 2.24) is 5.43 Å². The SMILES string of the molecule is COc1cc(/C=N\NC(=O)[C@H](C)Oc2ccccc2)ccc1OCc1ccc(Cl)cc1Cl. The predicted octanol–water partition coefficient (Wildman–Crippen LogP) is 5.50. The van der Waals surface area contributed by atoms with Crippen molar-refractivity contribution in [3.8, 4) is 17.2 Å². The van der Waals surface area contributed by atoms with Gasteiger partial charge in [-0.2, -0.15) is 5.10 Å². The highest BCUT2D eigenvalue weighted by Crippen LogP contribution is 2.29. The van der Waals surface area contributed by atoms with Gasteiger partial charge in [0.25, 0.3) is 5.91 Å². The van der Waals surface area contributed by atoms with Gasteiger partial charge in [0.1, 0.15) is 12.4 Å². The fraction of sp³-hybridized carbons (Fsp3) is 0.167. The van der Waals surface area contributed by atoms with Crippen molar-refractivity contribution in [2.75, 3.05) is 7.11 Å². The Bertz CT molecular complexity index is 1090. The number of hydrogen-bond donors (Lipinski definition) is 1. The third-order valence-corrected chi connectivity index (χ3v) is 4.99. The average molecular weight is 473 g/mol. The van der Waals surface area contributed by atoms with Gasteiger partial charge in [-0.1, -0.05) is 47.5 Å². The van der Waals surface area contributed by atoms with Gasteiger partial charge in [-0.15, -0.1) is 0 Å². The van der Waals surface area contributed by atoms with Crippen molar-refractivity contribution in [2.24, 2.45) is 5.10 Å².